The molecule has 21 heavy (non-hydrogen) atoms. The van der Waals surface area contributed by atoms with E-state index in [-0.39, 0.29) is 5.97 Å². The standard InChI is InChI=1S/C17H16N2O2/c1-21-17(20)12-5-7-14(8-6-12)19-11-13-3-2-4-16-15(13)9-10-18-16/h2-10,18-19H,11H2,1H3. The first-order valence-electron chi connectivity index (χ1n) is 6.75. The zero-order chi connectivity index (χ0) is 14.7. The number of hydrogen-bond acceptors (Lipinski definition) is 3. The highest BCUT2D eigenvalue weighted by Gasteiger charge is 2.05. The molecule has 106 valence electrons. The van der Waals surface area contributed by atoms with Crippen molar-refractivity contribution in [1.29, 1.82) is 0 Å². The summed E-state index contributed by atoms with van der Waals surface area (Å²) in [4.78, 5) is 14.6. The summed E-state index contributed by atoms with van der Waals surface area (Å²) in [5, 5.41) is 4.58. The Morgan fingerprint density at radius 3 is 2.71 bits per heavy atom. The lowest BCUT2D eigenvalue weighted by molar-refractivity contribution is 0.0601. The second kappa shape index (κ2) is 5.71. The van der Waals surface area contributed by atoms with Crippen LogP contribution in [-0.4, -0.2) is 18.1 Å². The Kier molecular flexibility index (Phi) is 3.60. The second-order valence-electron chi connectivity index (χ2n) is 4.78. The number of aromatic nitrogens is 1. The number of carbonyl (C=O) groups is 1. The molecule has 0 bridgehead atoms. The molecule has 0 saturated heterocycles. The van der Waals surface area contributed by atoms with Crippen molar-refractivity contribution in [3.63, 3.8) is 0 Å². The quantitative estimate of drug-likeness (QED) is 0.718. The molecule has 0 aliphatic carbocycles. The molecule has 4 heteroatoms. The van der Waals surface area contributed by atoms with Gasteiger partial charge < -0.3 is 15.0 Å². The number of hydrogen-bond donors (Lipinski definition) is 2. The molecule has 0 atom stereocenters. The summed E-state index contributed by atoms with van der Waals surface area (Å²) < 4.78 is 4.68. The van der Waals surface area contributed by atoms with Crippen molar-refractivity contribution in [2.45, 2.75) is 6.54 Å². The molecule has 2 aromatic carbocycles. The minimum Gasteiger partial charge on any atom is -0.465 e. The largest absolute Gasteiger partial charge is 0.465 e. The van der Waals surface area contributed by atoms with E-state index in [1.54, 1.807) is 12.1 Å². The van der Waals surface area contributed by atoms with Crippen LogP contribution in [0.5, 0.6) is 0 Å². The van der Waals surface area contributed by atoms with Gasteiger partial charge in [-0.3, -0.25) is 0 Å². The van der Waals surface area contributed by atoms with Crippen LogP contribution in [0.15, 0.2) is 54.7 Å². The van der Waals surface area contributed by atoms with E-state index in [1.807, 2.05) is 24.4 Å². The Balaban J connectivity index is 1.73. The molecule has 0 spiro atoms. The normalized spacial score (nSPS) is 10.5. The SMILES string of the molecule is COC(=O)c1ccc(NCc2cccc3[nH]ccc23)cc1. The zero-order valence-electron chi connectivity index (χ0n) is 11.7. The Morgan fingerprint density at radius 2 is 1.95 bits per heavy atom. The molecule has 0 fully saturated rings. The van der Waals surface area contributed by atoms with E-state index in [4.69, 9.17) is 0 Å². The van der Waals surface area contributed by atoms with Gasteiger partial charge in [-0.2, -0.15) is 0 Å². The van der Waals surface area contributed by atoms with Gasteiger partial charge >= 0.3 is 5.97 Å². The van der Waals surface area contributed by atoms with Crippen LogP contribution in [0, 0.1) is 0 Å². The topological polar surface area (TPSA) is 54.1 Å². The average molecular weight is 280 g/mol. The maximum absolute atomic E-state index is 11.4. The Bertz CT molecular complexity index is 760. The van der Waals surface area contributed by atoms with E-state index in [9.17, 15) is 4.79 Å². The van der Waals surface area contributed by atoms with Crippen molar-refractivity contribution in [1.82, 2.24) is 4.98 Å². The number of fused-ring (bicyclic) bond motifs is 1. The molecule has 0 aliphatic heterocycles. The van der Waals surface area contributed by atoms with Crippen LogP contribution in [-0.2, 0) is 11.3 Å². The average Bonchev–Trinajstić information content (AvgIpc) is 3.02. The molecule has 0 aliphatic rings. The molecular weight excluding hydrogens is 264 g/mol. The van der Waals surface area contributed by atoms with Crippen molar-refractivity contribution in [3.8, 4) is 0 Å². The molecule has 2 N–H and O–H groups in total. The minimum atomic E-state index is -0.321. The number of nitrogens with one attached hydrogen (secondary N) is 2. The molecule has 0 radical (unpaired) electrons. The Morgan fingerprint density at radius 1 is 1.14 bits per heavy atom. The molecule has 1 heterocycles. The van der Waals surface area contributed by atoms with Crippen LogP contribution in [0.25, 0.3) is 10.9 Å². The first kappa shape index (κ1) is 13.2. The third kappa shape index (κ3) is 2.74. The van der Waals surface area contributed by atoms with E-state index in [0.29, 0.717) is 5.56 Å². The molecular formula is C17H16N2O2. The number of esters is 1. The van der Waals surface area contributed by atoms with Gasteiger partial charge in [0.1, 0.15) is 0 Å². The lowest BCUT2D eigenvalue weighted by atomic mass is 10.1. The van der Waals surface area contributed by atoms with Gasteiger partial charge in [-0.1, -0.05) is 12.1 Å². The van der Waals surface area contributed by atoms with E-state index >= 15 is 0 Å². The summed E-state index contributed by atoms with van der Waals surface area (Å²) in [6.07, 6.45) is 1.94. The third-order valence-corrected chi connectivity index (χ3v) is 3.47. The predicted molar refractivity (Wildman–Crippen MR) is 83.4 cm³/mol. The number of aromatic amines is 1. The van der Waals surface area contributed by atoms with Gasteiger partial charge in [0.2, 0.25) is 0 Å². The zero-order valence-corrected chi connectivity index (χ0v) is 11.7. The van der Waals surface area contributed by atoms with Gasteiger partial charge in [0.05, 0.1) is 12.7 Å². The number of methoxy groups -OCH3 is 1. The van der Waals surface area contributed by atoms with Crippen molar-refractivity contribution >= 4 is 22.6 Å². The number of benzene rings is 2. The van der Waals surface area contributed by atoms with E-state index in [1.165, 1.54) is 18.1 Å². The summed E-state index contributed by atoms with van der Waals surface area (Å²) in [5.41, 5.74) is 3.88. The van der Waals surface area contributed by atoms with Crippen LogP contribution in [0.4, 0.5) is 5.69 Å². The van der Waals surface area contributed by atoms with E-state index in [2.05, 4.69) is 33.2 Å². The molecule has 1 aromatic heterocycles. The fourth-order valence-corrected chi connectivity index (χ4v) is 2.34. The van der Waals surface area contributed by atoms with Gasteiger partial charge in [0, 0.05) is 29.3 Å². The third-order valence-electron chi connectivity index (χ3n) is 3.47. The maximum atomic E-state index is 11.4. The number of H-pyrrole nitrogens is 1. The lowest BCUT2D eigenvalue weighted by Gasteiger charge is -2.08. The fourth-order valence-electron chi connectivity index (χ4n) is 2.34. The van der Waals surface area contributed by atoms with Crippen LogP contribution in [0.2, 0.25) is 0 Å². The minimum absolute atomic E-state index is 0.321. The summed E-state index contributed by atoms with van der Waals surface area (Å²) in [6.45, 7) is 0.729. The van der Waals surface area contributed by atoms with Crippen molar-refractivity contribution in [2.24, 2.45) is 0 Å². The lowest BCUT2D eigenvalue weighted by Crippen LogP contribution is -2.02. The van der Waals surface area contributed by atoms with Crippen molar-refractivity contribution in [2.75, 3.05) is 12.4 Å². The Labute approximate surface area is 122 Å². The van der Waals surface area contributed by atoms with E-state index in [0.717, 1.165) is 17.7 Å². The highest BCUT2D eigenvalue weighted by Crippen LogP contribution is 2.19. The smallest absolute Gasteiger partial charge is 0.337 e. The van der Waals surface area contributed by atoms with E-state index < -0.39 is 0 Å². The molecule has 4 nitrogen and oxygen atoms in total. The van der Waals surface area contributed by atoms with Gasteiger partial charge in [0.15, 0.2) is 0 Å². The van der Waals surface area contributed by atoms with Gasteiger partial charge in [0.25, 0.3) is 0 Å². The highest BCUT2D eigenvalue weighted by atomic mass is 16.5. The number of ether oxygens (including phenoxy) is 1. The molecule has 3 rings (SSSR count). The molecule has 3 aromatic rings. The molecule has 0 amide bonds. The number of anilines is 1. The first-order valence-corrected chi connectivity index (χ1v) is 6.75. The summed E-state index contributed by atoms with van der Waals surface area (Å²) >= 11 is 0. The van der Waals surface area contributed by atoms with Gasteiger partial charge in [-0.15, -0.1) is 0 Å². The second-order valence-corrected chi connectivity index (χ2v) is 4.78. The summed E-state index contributed by atoms with van der Waals surface area (Å²) in [7, 11) is 1.38. The monoisotopic (exact) mass is 280 g/mol. The predicted octanol–water partition coefficient (Wildman–Crippen LogP) is 3.57. The summed E-state index contributed by atoms with van der Waals surface area (Å²) in [6, 6.07) is 15.5. The first-order chi connectivity index (χ1) is 10.3. The summed E-state index contributed by atoms with van der Waals surface area (Å²) in [5.74, 6) is -0.321. The fraction of sp³-hybridized carbons (Fsp3) is 0.118. The van der Waals surface area contributed by atoms with Crippen molar-refractivity contribution < 1.29 is 9.53 Å². The van der Waals surface area contributed by atoms with Gasteiger partial charge in [-0.05, 0) is 42.0 Å². The van der Waals surface area contributed by atoms with Crippen LogP contribution >= 0.6 is 0 Å². The van der Waals surface area contributed by atoms with Crippen LogP contribution in [0.1, 0.15) is 15.9 Å². The molecule has 0 saturated carbocycles. The Hall–Kier alpha value is -2.75. The van der Waals surface area contributed by atoms with Gasteiger partial charge in [-0.25, -0.2) is 4.79 Å². The maximum Gasteiger partial charge on any atom is 0.337 e. The molecule has 0 unspecified atom stereocenters. The number of rotatable bonds is 4. The van der Waals surface area contributed by atoms with Crippen LogP contribution in [0.3, 0.4) is 0 Å². The van der Waals surface area contributed by atoms with Crippen molar-refractivity contribution in [3.05, 3.63) is 65.9 Å². The van der Waals surface area contributed by atoms with Crippen LogP contribution < -0.4 is 5.32 Å². The number of carbonyl (C=O) groups excluding carboxylic acids is 1. The highest BCUT2D eigenvalue weighted by molar-refractivity contribution is 5.89.